The maximum Gasteiger partial charge on any atom is 0.410 e. The standard InChI is InChI=1S/C26H30N2O6/c1-26(2,3)34-24(31)27-13-16-12-22(23(29)30)28(14-16)25(32)33-15-21-19-10-6-4-8-17(19)18-9-5-7-11-20(18)21/h4-11,16,21-22H,12-15H2,1-3H3,(H,27,31)(H,29,30)/t16-,22-/m1/s1. The van der Waals surface area contributed by atoms with Crippen LogP contribution in [0.1, 0.15) is 44.2 Å². The van der Waals surface area contributed by atoms with Crippen molar-refractivity contribution in [3.8, 4) is 11.1 Å². The zero-order chi connectivity index (χ0) is 24.5. The summed E-state index contributed by atoms with van der Waals surface area (Å²) >= 11 is 0. The summed E-state index contributed by atoms with van der Waals surface area (Å²) in [6.07, 6.45) is -0.997. The van der Waals surface area contributed by atoms with Crippen LogP contribution in [0.3, 0.4) is 0 Å². The highest BCUT2D eigenvalue weighted by molar-refractivity contribution is 5.81. The number of alkyl carbamates (subject to hydrolysis) is 1. The van der Waals surface area contributed by atoms with E-state index in [1.807, 2.05) is 36.4 Å². The molecule has 1 aliphatic carbocycles. The van der Waals surface area contributed by atoms with Crippen molar-refractivity contribution in [2.24, 2.45) is 5.92 Å². The molecule has 8 heteroatoms. The van der Waals surface area contributed by atoms with E-state index in [4.69, 9.17) is 9.47 Å². The molecule has 0 aromatic heterocycles. The van der Waals surface area contributed by atoms with Crippen molar-refractivity contribution in [2.75, 3.05) is 19.7 Å². The van der Waals surface area contributed by atoms with Crippen LogP contribution in [0.15, 0.2) is 48.5 Å². The molecule has 1 fully saturated rings. The zero-order valence-corrected chi connectivity index (χ0v) is 19.6. The smallest absolute Gasteiger partial charge is 0.410 e. The summed E-state index contributed by atoms with van der Waals surface area (Å²) in [6, 6.07) is 15.1. The highest BCUT2D eigenvalue weighted by Gasteiger charge is 2.41. The van der Waals surface area contributed by atoms with Gasteiger partial charge in [-0.1, -0.05) is 48.5 Å². The number of carboxylic acids is 1. The topological polar surface area (TPSA) is 105 Å². The largest absolute Gasteiger partial charge is 0.480 e. The maximum absolute atomic E-state index is 12.9. The van der Waals surface area contributed by atoms with E-state index in [0.29, 0.717) is 0 Å². The van der Waals surface area contributed by atoms with E-state index in [0.717, 1.165) is 22.3 Å². The lowest BCUT2D eigenvalue weighted by Crippen LogP contribution is -2.41. The molecule has 2 atom stereocenters. The molecule has 2 aliphatic rings. The van der Waals surface area contributed by atoms with E-state index in [2.05, 4.69) is 17.4 Å². The fourth-order valence-corrected chi connectivity index (χ4v) is 4.73. The van der Waals surface area contributed by atoms with E-state index in [-0.39, 0.29) is 38.0 Å². The average Bonchev–Trinajstić information content (AvgIpc) is 3.35. The Balaban J connectivity index is 1.39. The van der Waals surface area contributed by atoms with Crippen molar-refractivity contribution in [1.82, 2.24) is 10.2 Å². The molecule has 1 heterocycles. The number of fused-ring (bicyclic) bond motifs is 3. The van der Waals surface area contributed by atoms with Gasteiger partial charge in [-0.15, -0.1) is 0 Å². The zero-order valence-electron chi connectivity index (χ0n) is 19.6. The molecule has 8 nitrogen and oxygen atoms in total. The van der Waals surface area contributed by atoms with Gasteiger partial charge in [0.05, 0.1) is 0 Å². The van der Waals surface area contributed by atoms with Crippen LogP contribution >= 0.6 is 0 Å². The minimum absolute atomic E-state index is 0.105. The number of carboxylic acid groups (broad SMARTS) is 1. The van der Waals surface area contributed by atoms with Crippen molar-refractivity contribution in [3.63, 3.8) is 0 Å². The molecule has 1 aliphatic heterocycles. The van der Waals surface area contributed by atoms with E-state index in [9.17, 15) is 19.5 Å². The molecule has 0 radical (unpaired) electrons. The van der Waals surface area contributed by atoms with Gasteiger partial charge >= 0.3 is 18.2 Å². The summed E-state index contributed by atoms with van der Waals surface area (Å²) in [4.78, 5) is 37.9. The van der Waals surface area contributed by atoms with Crippen LogP contribution in [0.25, 0.3) is 11.1 Å². The third kappa shape index (κ3) is 5.00. The van der Waals surface area contributed by atoms with Gasteiger partial charge in [0.15, 0.2) is 0 Å². The van der Waals surface area contributed by atoms with Gasteiger partial charge in [-0.25, -0.2) is 14.4 Å². The van der Waals surface area contributed by atoms with Crippen molar-refractivity contribution in [2.45, 2.75) is 44.8 Å². The minimum Gasteiger partial charge on any atom is -0.480 e. The summed E-state index contributed by atoms with van der Waals surface area (Å²) in [7, 11) is 0. The van der Waals surface area contributed by atoms with Crippen molar-refractivity contribution in [3.05, 3.63) is 59.7 Å². The Morgan fingerprint density at radius 1 is 1.03 bits per heavy atom. The third-order valence-electron chi connectivity index (χ3n) is 6.18. The fraction of sp³-hybridized carbons (Fsp3) is 0.423. The number of likely N-dealkylation sites (tertiary alicyclic amines) is 1. The number of carbonyl (C=O) groups excluding carboxylic acids is 2. The number of ether oxygens (including phenoxy) is 2. The molecule has 34 heavy (non-hydrogen) atoms. The number of amides is 2. The SMILES string of the molecule is CC(C)(C)OC(=O)NC[C@H]1C[C@H](C(=O)O)N(C(=O)OCC2c3ccccc3-c3ccccc32)C1. The van der Waals surface area contributed by atoms with Gasteiger partial charge in [-0.2, -0.15) is 0 Å². The molecule has 0 bridgehead atoms. The number of benzene rings is 2. The second-order valence-electron chi connectivity index (χ2n) is 9.79. The lowest BCUT2D eigenvalue weighted by Gasteiger charge is -2.23. The van der Waals surface area contributed by atoms with Crippen LogP contribution < -0.4 is 5.32 Å². The third-order valence-corrected chi connectivity index (χ3v) is 6.18. The number of carbonyl (C=O) groups is 3. The molecule has 2 aromatic rings. The Hall–Kier alpha value is -3.55. The highest BCUT2D eigenvalue weighted by Crippen LogP contribution is 2.44. The summed E-state index contributed by atoms with van der Waals surface area (Å²) in [5.41, 5.74) is 3.80. The molecule has 1 saturated heterocycles. The van der Waals surface area contributed by atoms with E-state index >= 15 is 0 Å². The molecule has 0 saturated carbocycles. The Labute approximate surface area is 198 Å². The van der Waals surface area contributed by atoms with Gasteiger partial charge in [0.2, 0.25) is 0 Å². The molecular weight excluding hydrogens is 436 g/mol. The van der Waals surface area contributed by atoms with E-state index in [1.54, 1.807) is 20.8 Å². The fourth-order valence-electron chi connectivity index (χ4n) is 4.73. The number of hydrogen-bond acceptors (Lipinski definition) is 5. The molecule has 0 spiro atoms. The first-order valence-electron chi connectivity index (χ1n) is 11.5. The Morgan fingerprint density at radius 2 is 1.62 bits per heavy atom. The lowest BCUT2D eigenvalue weighted by molar-refractivity contribution is -0.141. The first kappa shape index (κ1) is 23.6. The first-order valence-corrected chi connectivity index (χ1v) is 11.5. The Morgan fingerprint density at radius 3 is 2.18 bits per heavy atom. The van der Waals surface area contributed by atoms with Gasteiger partial charge in [-0.05, 0) is 55.4 Å². The number of nitrogens with zero attached hydrogens (tertiary/aromatic N) is 1. The predicted octanol–water partition coefficient (Wildman–Crippen LogP) is 4.24. The molecule has 0 unspecified atom stereocenters. The molecule has 2 aromatic carbocycles. The molecular formula is C26H30N2O6. The van der Waals surface area contributed by atoms with Gasteiger partial charge in [0.25, 0.3) is 0 Å². The molecule has 2 N–H and O–H groups in total. The monoisotopic (exact) mass is 466 g/mol. The highest BCUT2D eigenvalue weighted by atomic mass is 16.6. The van der Waals surface area contributed by atoms with Crippen molar-refractivity contribution in [1.29, 1.82) is 0 Å². The van der Waals surface area contributed by atoms with Gasteiger partial charge in [0, 0.05) is 19.0 Å². The maximum atomic E-state index is 12.9. The normalized spacial score (nSPS) is 19.3. The predicted molar refractivity (Wildman–Crippen MR) is 126 cm³/mol. The first-order chi connectivity index (χ1) is 16.1. The van der Waals surface area contributed by atoms with Crippen molar-refractivity contribution < 1.29 is 29.0 Å². The van der Waals surface area contributed by atoms with Gasteiger partial charge in [0.1, 0.15) is 18.2 Å². The van der Waals surface area contributed by atoms with Crippen LogP contribution in [-0.2, 0) is 14.3 Å². The van der Waals surface area contributed by atoms with E-state index in [1.165, 1.54) is 4.90 Å². The van der Waals surface area contributed by atoms with Crippen LogP contribution in [0.2, 0.25) is 0 Å². The summed E-state index contributed by atoms with van der Waals surface area (Å²) in [5.74, 6) is -1.41. The quantitative estimate of drug-likeness (QED) is 0.683. The lowest BCUT2D eigenvalue weighted by atomic mass is 9.98. The summed E-state index contributed by atoms with van der Waals surface area (Å²) < 4.78 is 10.9. The summed E-state index contributed by atoms with van der Waals surface area (Å²) in [5, 5.41) is 12.3. The second kappa shape index (κ2) is 9.37. The number of rotatable bonds is 5. The van der Waals surface area contributed by atoms with Gasteiger partial charge in [-0.3, -0.25) is 4.90 Å². The second-order valence-corrected chi connectivity index (χ2v) is 9.79. The number of nitrogens with one attached hydrogen (secondary N) is 1. The van der Waals surface area contributed by atoms with E-state index < -0.39 is 29.8 Å². The summed E-state index contributed by atoms with van der Waals surface area (Å²) in [6.45, 7) is 5.82. The number of aliphatic carboxylic acids is 1. The molecule has 4 rings (SSSR count). The Bertz CT molecular complexity index is 1050. The van der Waals surface area contributed by atoms with Crippen LogP contribution in [0.5, 0.6) is 0 Å². The number of hydrogen-bond donors (Lipinski definition) is 2. The molecule has 2 amide bonds. The Kier molecular flexibility index (Phi) is 6.50. The minimum atomic E-state index is -1.09. The van der Waals surface area contributed by atoms with Crippen LogP contribution in [0.4, 0.5) is 9.59 Å². The van der Waals surface area contributed by atoms with Crippen LogP contribution in [0, 0.1) is 5.92 Å². The van der Waals surface area contributed by atoms with Crippen molar-refractivity contribution >= 4 is 18.2 Å². The van der Waals surface area contributed by atoms with Gasteiger partial charge < -0.3 is 19.9 Å². The average molecular weight is 467 g/mol. The molecule has 180 valence electrons. The van der Waals surface area contributed by atoms with Crippen LogP contribution in [-0.4, -0.2) is 59.5 Å².